The van der Waals surface area contributed by atoms with E-state index in [9.17, 15) is 0 Å². The van der Waals surface area contributed by atoms with Gasteiger partial charge in [0.1, 0.15) is 0 Å². The van der Waals surface area contributed by atoms with Gasteiger partial charge in [0.25, 0.3) is 0 Å². The number of hydrogen-bond acceptors (Lipinski definition) is 0. The maximum Gasteiger partial charge on any atom is -0.00237 e. The van der Waals surface area contributed by atoms with Crippen molar-refractivity contribution < 1.29 is 0 Å². The van der Waals surface area contributed by atoms with E-state index in [-0.39, 0.29) is 0 Å². The van der Waals surface area contributed by atoms with E-state index in [1.807, 2.05) is 0 Å². The zero-order valence-electron chi connectivity index (χ0n) is 25.2. The summed E-state index contributed by atoms with van der Waals surface area (Å²) < 4.78 is 0. The minimum Gasteiger partial charge on any atom is -0.0622 e. The molecule has 0 unspecified atom stereocenters. The van der Waals surface area contributed by atoms with Gasteiger partial charge in [0.2, 0.25) is 0 Å². The maximum absolute atomic E-state index is 2.35. The first kappa shape index (κ1) is 26.9. The number of benzene rings is 8. The Balaban J connectivity index is 1.20. The van der Waals surface area contributed by atoms with Gasteiger partial charge in [0, 0.05) is 0 Å². The van der Waals surface area contributed by atoms with Crippen LogP contribution < -0.4 is 0 Å². The van der Waals surface area contributed by atoms with Crippen LogP contribution in [0.15, 0.2) is 176 Å². The van der Waals surface area contributed by atoms with Crippen molar-refractivity contribution in [3.63, 3.8) is 0 Å². The molecular formula is C45H32. The second-order valence-corrected chi connectivity index (χ2v) is 11.8. The molecule has 8 rings (SSSR count). The third kappa shape index (κ3) is 4.91. The monoisotopic (exact) mass is 572 g/mol. The molecule has 0 aromatic heterocycles. The summed E-state index contributed by atoms with van der Waals surface area (Å²) in [6.07, 6.45) is 0. The van der Waals surface area contributed by atoms with Crippen molar-refractivity contribution in [1.82, 2.24) is 0 Å². The van der Waals surface area contributed by atoms with Gasteiger partial charge in [-0.25, -0.2) is 0 Å². The molecule has 0 heterocycles. The smallest absolute Gasteiger partial charge is 0.00237 e. The summed E-state index contributed by atoms with van der Waals surface area (Å²) in [4.78, 5) is 0. The Hall–Kier alpha value is -5.72. The van der Waals surface area contributed by atoms with E-state index in [1.54, 1.807) is 0 Å². The van der Waals surface area contributed by atoms with E-state index in [1.165, 1.54) is 82.7 Å². The summed E-state index contributed by atoms with van der Waals surface area (Å²) in [5, 5.41) is 5.13. The molecule has 0 aliphatic carbocycles. The Bertz CT molecular complexity index is 2230. The molecule has 212 valence electrons. The molecular weight excluding hydrogens is 540 g/mol. The molecule has 8 aromatic carbocycles. The van der Waals surface area contributed by atoms with Crippen LogP contribution in [0, 0.1) is 6.92 Å². The van der Waals surface area contributed by atoms with Gasteiger partial charge in [-0.05, 0) is 95.7 Å². The molecule has 0 spiro atoms. The Labute approximate surface area is 264 Å². The van der Waals surface area contributed by atoms with E-state index >= 15 is 0 Å². The lowest BCUT2D eigenvalue weighted by Gasteiger charge is -2.19. The van der Waals surface area contributed by atoms with Crippen LogP contribution in [0.1, 0.15) is 5.56 Å². The molecule has 0 saturated carbocycles. The largest absolute Gasteiger partial charge is 0.0622 e. The van der Waals surface area contributed by atoms with Crippen LogP contribution in [0.3, 0.4) is 0 Å². The number of aryl methyl sites for hydroxylation is 1. The predicted octanol–water partition coefficient (Wildman–Crippen LogP) is 12.6. The van der Waals surface area contributed by atoms with Crippen LogP contribution in [-0.2, 0) is 0 Å². The topological polar surface area (TPSA) is 0 Å². The zero-order valence-corrected chi connectivity index (χ0v) is 25.2. The molecule has 0 heteroatoms. The average molecular weight is 573 g/mol. The molecule has 8 aromatic rings. The first-order chi connectivity index (χ1) is 22.2. The third-order valence-electron chi connectivity index (χ3n) is 9.04. The SMILES string of the molecule is Cc1ccccc1-c1c2ccccc2c(-c2cccc(-c3ccc(-c4ccc(-c5ccccc5)cc4)cc3)c2)c2ccccc12. The first-order valence-electron chi connectivity index (χ1n) is 15.6. The average Bonchev–Trinajstić information content (AvgIpc) is 3.11. The van der Waals surface area contributed by atoms with Gasteiger partial charge in [-0.15, -0.1) is 0 Å². The Morgan fingerprint density at radius 3 is 1.18 bits per heavy atom. The summed E-state index contributed by atoms with van der Waals surface area (Å²) in [6.45, 7) is 2.21. The zero-order chi connectivity index (χ0) is 30.2. The van der Waals surface area contributed by atoms with Gasteiger partial charge in [-0.2, -0.15) is 0 Å². The van der Waals surface area contributed by atoms with Crippen molar-refractivity contribution >= 4 is 21.5 Å². The fourth-order valence-electron chi connectivity index (χ4n) is 6.78. The normalized spacial score (nSPS) is 11.2. The molecule has 0 fully saturated rings. The molecule has 0 atom stereocenters. The molecule has 0 amide bonds. The van der Waals surface area contributed by atoms with E-state index in [0.29, 0.717) is 0 Å². The molecule has 0 saturated heterocycles. The lowest BCUT2D eigenvalue weighted by Crippen LogP contribution is -1.92. The second kappa shape index (κ2) is 11.4. The lowest BCUT2D eigenvalue weighted by molar-refractivity contribution is 1.47. The molecule has 45 heavy (non-hydrogen) atoms. The summed E-state index contributed by atoms with van der Waals surface area (Å²) >= 11 is 0. The van der Waals surface area contributed by atoms with Crippen LogP contribution in [0.5, 0.6) is 0 Å². The van der Waals surface area contributed by atoms with Gasteiger partial charge in [-0.1, -0.05) is 170 Å². The van der Waals surface area contributed by atoms with Crippen molar-refractivity contribution in [3.05, 3.63) is 181 Å². The van der Waals surface area contributed by atoms with Gasteiger partial charge in [-0.3, -0.25) is 0 Å². The first-order valence-corrected chi connectivity index (χ1v) is 15.6. The molecule has 0 aliphatic rings. The molecule has 0 N–H and O–H groups in total. The Morgan fingerprint density at radius 2 is 0.644 bits per heavy atom. The minimum atomic E-state index is 1.21. The summed E-state index contributed by atoms with van der Waals surface area (Å²) in [7, 11) is 0. The maximum atomic E-state index is 2.35. The highest BCUT2D eigenvalue weighted by molar-refractivity contribution is 6.21. The van der Waals surface area contributed by atoms with Crippen molar-refractivity contribution in [3.8, 4) is 55.6 Å². The quantitative estimate of drug-likeness (QED) is 0.180. The van der Waals surface area contributed by atoms with Crippen LogP contribution in [-0.4, -0.2) is 0 Å². The fourth-order valence-corrected chi connectivity index (χ4v) is 6.78. The van der Waals surface area contributed by atoms with Crippen molar-refractivity contribution in [2.75, 3.05) is 0 Å². The highest BCUT2D eigenvalue weighted by Gasteiger charge is 2.17. The Morgan fingerprint density at radius 1 is 0.267 bits per heavy atom. The third-order valence-corrected chi connectivity index (χ3v) is 9.04. The highest BCUT2D eigenvalue weighted by atomic mass is 14.2. The van der Waals surface area contributed by atoms with E-state index < -0.39 is 0 Å². The van der Waals surface area contributed by atoms with Gasteiger partial charge >= 0.3 is 0 Å². The van der Waals surface area contributed by atoms with Crippen LogP contribution in [0.25, 0.3) is 77.2 Å². The van der Waals surface area contributed by atoms with Crippen molar-refractivity contribution in [1.29, 1.82) is 0 Å². The second-order valence-electron chi connectivity index (χ2n) is 11.8. The molecule has 0 bridgehead atoms. The fraction of sp³-hybridized carbons (Fsp3) is 0.0222. The van der Waals surface area contributed by atoms with Crippen LogP contribution >= 0.6 is 0 Å². The van der Waals surface area contributed by atoms with E-state index in [0.717, 1.165) is 0 Å². The highest BCUT2D eigenvalue weighted by Crippen LogP contribution is 2.44. The number of hydrogen-bond donors (Lipinski definition) is 0. The van der Waals surface area contributed by atoms with Gasteiger partial charge in [0.05, 0.1) is 0 Å². The van der Waals surface area contributed by atoms with Crippen molar-refractivity contribution in [2.24, 2.45) is 0 Å². The summed E-state index contributed by atoms with van der Waals surface area (Å²) in [6, 6.07) is 63.9. The molecule has 0 aliphatic heterocycles. The molecule has 0 radical (unpaired) electrons. The van der Waals surface area contributed by atoms with Crippen LogP contribution in [0.2, 0.25) is 0 Å². The van der Waals surface area contributed by atoms with E-state index in [4.69, 9.17) is 0 Å². The summed E-state index contributed by atoms with van der Waals surface area (Å²) in [5.41, 5.74) is 13.8. The van der Waals surface area contributed by atoms with Crippen LogP contribution in [0.4, 0.5) is 0 Å². The standard InChI is InChI=1S/C45H32/c1-31-12-5-6-17-39(31)45-42-20-9-7-18-40(42)44(41-19-8-10-21-43(41)45)38-16-11-15-37(30-38)36-28-26-35(27-29-36)34-24-22-33(23-25-34)32-13-3-2-4-14-32/h2-30H,1H3. The lowest BCUT2D eigenvalue weighted by atomic mass is 9.84. The number of rotatable bonds is 5. The molecule has 0 nitrogen and oxygen atoms in total. The summed E-state index contributed by atoms with van der Waals surface area (Å²) in [5.74, 6) is 0. The van der Waals surface area contributed by atoms with Gasteiger partial charge < -0.3 is 0 Å². The van der Waals surface area contributed by atoms with E-state index in [2.05, 4.69) is 183 Å². The minimum absolute atomic E-state index is 1.21. The number of fused-ring (bicyclic) bond motifs is 2. The van der Waals surface area contributed by atoms with Crippen molar-refractivity contribution in [2.45, 2.75) is 6.92 Å². The Kier molecular flexibility index (Phi) is 6.81. The van der Waals surface area contributed by atoms with Gasteiger partial charge in [0.15, 0.2) is 0 Å². The predicted molar refractivity (Wildman–Crippen MR) is 193 cm³/mol.